The average Bonchev–Trinajstić information content (AvgIpc) is 3.53. The monoisotopic (exact) mass is 400 g/mol. The van der Waals surface area contributed by atoms with Crippen LogP contribution in [0, 0.1) is 5.92 Å². The Balaban J connectivity index is 1.59. The number of hydrogen-bond acceptors (Lipinski definition) is 4. The number of aromatic nitrogens is 1. The van der Waals surface area contributed by atoms with E-state index in [1.165, 1.54) is 12.8 Å². The lowest BCUT2D eigenvalue weighted by Crippen LogP contribution is -2.45. The first kappa shape index (κ1) is 19.2. The topological polar surface area (TPSA) is 71.5 Å². The number of benzene rings is 1. The molecule has 1 aromatic heterocycles. The van der Waals surface area contributed by atoms with E-state index in [1.807, 2.05) is 30.3 Å². The van der Waals surface area contributed by atoms with Gasteiger partial charge in [-0.15, -0.1) is 0 Å². The maximum atomic E-state index is 13.0. The predicted octanol–water partition coefficient (Wildman–Crippen LogP) is 4.22. The van der Waals surface area contributed by atoms with E-state index in [0.29, 0.717) is 29.0 Å². The molecule has 2 aromatic rings. The van der Waals surface area contributed by atoms with Gasteiger partial charge in [0.25, 0.3) is 5.91 Å². The van der Waals surface area contributed by atoms with Gasteiger partial charge in [0.2, 0.25) is 5.88 Å². The molecule has 0 saturated heterocycles. The van der Waals surface area contributed by atoms with Crippen LogP contribution in [0.15, 0.2) is 36.5 Å². The summed E-state index contributed by atoms with van der Waals surface area (Å²) in [5, 5.41) is 13.8. The predicted molar refractivity (Wildman–Crippen MR) is 109 cm³/mol. The van der Waals surface area contributed by atoms with Crippen LogP contribution in [-0.4, -0.2) is 34.8 Å². The summed E-state index contributed by atoms with van der Waals surface area (Å²) >= 11 is 5.98. The number of aliphatic hydroxyl groups is 1. The summed E-state index contributed by atoms with van der Waals surface area (Å²) in [6, 6.07) is 9.01. The third kappa shape index (κ3) is 4.65. The van der Waals surface area contributed by atoms with Crippen molar-refractivity contribution in [1.29, 1.82) is 0 Å². The van der Waals surface area contributed by atoms with Gasteiger partial charge >= 0.3 is 0 Å². The molecule has 4 rings (SSSR count). The summed E-state index contributed by atoms with van der Waals surface area (Å²) in [5.74, 6) is 0.668. The molecule has 1 heterocycles. The Kier molecular flexibility index (Phi) is 5.83. The van der Waals surface area contributed by atoms with Gasteiger partial charge in [0.1, 0.15) is 5.56 Å². The molecule has 0 spiro atoms. The molecule has 2 aliphatic carbocycles. The number of aliphatic hydroxyl groups excluding tert-OH is 1. The van der Waals surface area contributed by atoms with Crippen LogP contribution in [0.5, 0.6) is 5.88 Å². The third-order valence-corrected chi connectivity index (χ3v) is 5.72. The van der Waals surface area contributed by atoms with E-state index < -0.39 is 6.10 Å². The number of ether oxygens (including phenoxy) is 1. The van der Waals surface area contributed by atoms with E-state index in [1.54, 1.807) is 6.20 Å². The maximum Gasteiger partial charge on any atom is 0.257 e. The molecule has 2 saturated carbocycles. The minimum absolute atomic E-state index is 0.225. The van der Waals surface area contributed by atoms with Gasteiger partial charge in [-0.2, -0.15) is 0 Å². The smallest absolute Gasteiger partial charge is 0.257 e. The Labute approximate surface area is 170 Å². The number of carbonyl (C=O) groups is 1. The Morgan fingerprint density at radius 1 is 1.14 bits per heavy atom. The highest BCUT2D eigenvalue weighted by Gasteiger charge is 2.28. The SMILES string of the molecule is O=C(N[C@@H]1CCCC[C@H]1O)c1cc(-c2ccc(Cl)cc2)cnc1OCC1CC1. The molecule has 2 atom stereocenters. The molecular weight excluding hydrogens is 376 g/mol. The summed E-state index contributed by atoms with van der Waals surface area (Å²) in [4.78, 5) is 17.4. The number of carbonyl (C=O) groups excluding carboxylic acids is 1. The van der Waals surface area contributed by atoms with Gasteiger partial charge < -0.3 is 15.2 Å². The molecule has 1 aromatic carbocycles. The van der Waals surface area contributed by atoms with Gasteiger partial charge in [-0.1, -0.05) is 36.6 Å². The van der Waals surface area contributed by atoms with Crippen LogP contribution in [0.1, 0.15) is 48.9 Å². The van der Waals surface area contributed by atoms with E-state index in [9.17, 15) is 9.90 Å². The zero-order chi connectivity index (χ0) is 19.5. The van der Waals surface area contributed by atoms with Gasteiger partial charge in [-0.3, -0.25) is 4.79 Å². The third-order valence-electron chi connectivity index (χ3n) is 5.47. The molecule has 0 aliphatic heterocycles. The lowest BCUT2D eigenvalue weighted by molar-refractivity contribution is 0.0714. The molecule has 28 heavy (non-hydrogen) atoms. The second kappa shape index (κ2) is 8.50. The first-order valence-electron chi connectivity index (χ1n) is 9.98. The van der Waals surface area contributed by atoms with E-state index in [2.05, 4.69) is 10.3 Å². The summed E-state index contributed by atoms with van der Waals surface area (Å²) in [6.07, 6.45) is 7.07. The summed E-state index contributed by atoms with van der Waals surface area (Å²) in [7, 11) is 0. The van der Waals surface area contributed by atoms with Crippen molar-refractivity contribution in [2.45, 2.75) is 50.7 Å². The molecule has 0 radical (unpaired) electrons. The van der Waals surface area contributed by atoms with Crippen LogP contribution in [0.25, 0.3) is 11.1 Å². The van der Waals surface area contributed by atoms with Crippen LogP contribution in [0.4, 0.5) is 0 Å². The lowest BCUT2D eigenvalue weighted by atomic mass is 9.92. The second-order valence-electron chi connectivity index (χ2n) is 7.77. The summed E-state index contributed by atoms with van der Waals surface area (Å²) < 4.78 is 5.85. The average molecular weight is 401 g/mol. The highest BCUT2D eigenvalue weighted by molar-refractivity contribution is 6.30. The van der Waals surface area contributed by atoms with E-state index >= 15 is 0 Å². The highest BCUT2D eigenvalue weighted by Crippen LogP contribution is 2.31. The fourth-order valence-electron chi connectivity index (χ4n) is 3.54. The Bertz CT molecular complexity index is 836. The number of nitrogens with zero attached hydrogens (tertiary/aromatic N) is 1. The lowest BCUT2D eigenvalue weighted by Gasteiger charge is -2.28. The molecule has 2 aliphatic rings. The molecule has 0 bridgehead atoms. The Hall–Kier alpha value is -2.11. The maximum absolute atomic E-state index is 13.0. The van der Waals surface area contributed by atoms with Crippen LogP contribution >= 0.6 is 11.6 Å². The van der Waals surface area contributed by atoms with E-state index in [0.717, 1.165) is 36.8 Å². The van der Waals surface area contributed by atoms with Crippen molar-refractivity contribution in [3.05, 3.63) is 47.1 Å². The molecule has 2 N–H and O–H groups in total. The van der Waals surface area contributed by atoms with Crippen molar-refractivity contribution >= 4 is 17.5 Å². The standard InChI is InChI=1S/C22H25ClN2O3/c23-17-9-7-15(8-10-17)16-11-18(22(24-12-16)28-13-14-5-6-14)21(27)25-19-3-1-2-4-20(19)26/h7-12,14,19-20,26H,1-6,13H2,(H,25,27)/t19-,20-/m1/s1. The minimum Gasteiger partial charge on any atom is -0.477 e. The van der Waals surface area contributed by atoms with Crippen molar-refractivity contribution < 1.29 is 14.6 Å². The zero-order valence-corrected chi connectivity index (χ0v) is 16.5. The zero-order valence-electron chi connectivity index (χ0n) is 15.7. The van der Waals surface area contributed by atoms with Crippen molar-refractivity contribution in [3.8, 4) is 17.0 Å². The fourth-order valence-corrected chi connectivity index (χ4v) is 3.66. The fraction of sp³-hybridized carbons (Fsp3) is 0.455. The number of halogens is 1. The van der Waals surface area contributed by atoms with Crippen molar-refractivity contribution in [1.82, 2.24) is 10.3 Å². The number of nitrogens with one attached hydrogen (secondary N) is 1. The number of hydrogen-bond donors (Lipinski definition) is 2. The van der Waals surface area contributed by atoms with Crippen LogP contribution in [0.3, 0.4) is 0 Å². The molecule has 2 fully saturated rings. The summed E-state index contributed by atoms with van der Waals surface area (Å²) in [6.45, 7) is 0.583. The normalized spacial score (nSPS) is 21.9. The molecule has 6 heteroatoms. The van der Waals surface area contributed by atoms with E-state index in [4.69, 9.17) is 16.3 Å². The molecule has 5 nitrogen and oxygen atoms in total. The van der Waals surface area contributed by atoms with Gasteiger partial charge in [0, 0.05) is 16.8 Å². The quantitative estimate of drug-likeness (QED) is 0.761. The van der Waals surface area contributed by atoms with Gasteiger partial charge in [0.05, 0.1) is 18.8 Å². The Morgan fingerprint density at radius 2 is 1.89 bits per heavy atom. The first-order chi connectivity index (χ1) is 13.6. The Morgan fingerprint density at radius 3 is 2.61 bits per heavy atom. The van der Waals surface area contributed by atoms with Crippen LogP contribution in [0.2, 0.25) is 5.02 Å². The summed E-state index contributed by atoms with van der Waals surface area (Å²) in [5.41, 5.74) is 2.16. The number of rotatable bonds is 6. The van der Waals surface area contributed by atoms with Gasteiger partial charge in [-0.25, -0.2) is 4.98 Å². The van der Waals surface area contributed by atoms with Crippen molar-refractivity contribution in [2.24, 2.45) is 5.92 Å². The van der Waals surface area contributed by atoms with Crippen molar-refractivity contribution in [2.75, 3.05) is 6.61 Å². The first-order valence-corrected chi connectivity index (χ1v) is 10.4. The number of pyridine rings is 1. The second-order valence-corrected chi connectivity index (χ2v) is 8.21. The highest BCUT2D eigenvalue weighted by atomic mass is 35.5. The van der Waals surface area contributed by atoms with Crippen molar-refractivity contribution in [3.63, 3.8) is 0 Å². The van der Waals surface area contributed by atoms with E-state index in [-0.39, 0.29) is 11.9 Å². The van der Waals surface area contributed by atoms with Gasteiger partial charge in [-0.05, 0) is 55.4 Å². The van der Waals surface area contributed by atoms with Gasteiger partial charge in [0.15, 0.2) is 0 Å². The van der Waals surface area contributed by atoms with Crippen LogP contribution < -0.4 is 10.1 Å². The largest absolute Gasteiger partial charge is 0.477 e. The molecule has 0 unspecified atom stereocenters. The molecule has 1 amide bonds. The molecular formula is C22H25ClN2O3. The minimum atomic E-state index is -0.499. The molecule has 148 valence electrons. The number of amides is 1. The van der Waals surface area contributed by atoms with Crippen LogP contribution in [-0.2, 0) is 0 Å².